The second-order valence-electron chi connectivity index (χ2n) is 6.70. The van der Waals surface area contributed by atoms with Gasteiger partial charge < -0.3 is 26.6 Å². The van der Waals surface area contributed by atoms with Crippen LogP contribution in [-0.2, 0) is 16.1 Å². The Hall–Kier alpha value is -2.12. The van der Waals surface area contributed by atoms with Crippen molar-refractivity contribution in [2.24, 2.45) is 23.3 Å². The van der Waals surface area contributed by atoms with Crippen molar-refractivity contribution >= 4 is 17.7 Å². The first-order valence-electron chi connectivity index (χ1n) is 8.66. The number of hydrogen-bond donors (Lipinski definition) is 4. The summed E-state index contributed by atoms with van der Waals surface area (Å²) in [4.78, 5) is 22.9. The molecule has 1 aliphatic carbocycles. The zero-order chi connectivity index (χ0) is 18.2. The Labute approximate surface area is 147 Å². The Morgan fingerprint density at radius 3 is 2.32 bits per heavy atom. The topological polar surface area (TPSA) is 128 Å². The lowest BCUT2D eigenvalue weighted by atomic mass is 9.79. The van der Waals surface area contributed by atoms with Crippen molar-refractivity contribution in [2.45, 2.75) is 44.8 Å². The molecule has 7 heteroatoms. The minimum Gasteiger partial charge on any atom is -0.449 e. The van der Waals surface area contributed by atoms with E-state index in [1.165, 1.54) is 0 Å². The molecule has 1 atom stereocenters. The average Bonchev–Trinajstić information content (AvgIpc) is 2.61. The van der Waals surface area contributed by atoms with E-state index in [-0.39, 0.29) is 12.5 Å². The lowest BCUT2D eigenvalue weighted by molar-refractivity contribution is -0.117. The zero-order valence-electron chi connectivity index (χ0n) is 14.3. The summed E-state index contributed by atoms with van der Waals surface area (Å²) in [5, 5.41) is 11.8. The van der Waals surface area contributed by atoms with Crippen molar-refractivity contribution in [1.82, 2.24) is 0 Å². The highest BCUT2D eigenvalue weighted by Crippen LogP contribution is 2.31. The number of aliphatic hydroxyl groups is 1. The van der Waals surface area contributed by atoms with Crippen LogP contribution in [0.2, 0.25) is 0 Å². The minimum atomic E-state index is -0.729. The summed E-state index contributed by atoms with van der Waals surface area (Å²) in [7, 11) is 0. The molecule has 2 rings (SSSR count). The molecule has 0 aliphatic heterocycles. The van der Waals surface area contributed by atoms with E-state index in [1.54, 1.807) is 24.3 Å². The van der Waals surface area contributed by atoms with Crippen LogP contribution in [0.1, 0.15) is 37.7 Å². The number of carbonyl (C=O) groups excluding carboxylic acids is 2. The predicted molar refractivity (Wildman–Crippen MR) is 94.6 cm³/mol. The molecule has 7 nitrogen and oxygen atoms in total. The second kappa shape index (κ2) is 9.39. The number of hydrogen-bond acceptors (Lipinski definition) is 5. The molecule has 1 aromatic rings. The van der Waals surface area contributed by atoms with E-state index in [1.807, 2.05) is 0 Å². The third-order valence-corrected chi connectivity index (χ3v) is 4.76. The number of rotatable bonds is 7. The molecule has 0 radical (unpaired) electrons. The standard InChI is InChI=1S/C18H27N3O4/c19-16(17(23)21-15-7-5-13(10-22)6-8-15)9-12-1-3-14(4-2-12)11-25-18(20)24/h5-8,12,14,16,22H,1-4,9-11,19H2,(H2,20,24)(H,21,23). The molecule has 0 spiro atoms. The number of ether oxygens (including phenoxy) is 1. The van der Waals surface area contributed by atoms with Gasteiger partial charge in [0.05, 0.1) is 19.3 Å². The monoisotopic (exact) mass is 349 g/mol. The molecule has 25 heavy (non-hydrogen) atoms. The zero-order valence-corrected chi connectivity index (χ0v) is 14.3. The Morgan fingerprint density at radius 1 is 1.16 bits per heavy atom. The van der Waals surface area contributed by atoms with Crippen LogP contribution in [0, 0.1) is 11.8 Å². The molecule has 1 aromatic carbocycles. The van der Waals surface area contributed by atoms with Gasteiger partial charge in [0, 0.05) is 5.69 Å². The first kappa shape index (κ1) is 19.2. The van der Waals surface area contributed by atoms with Crippen molar-refractivity contribution in [3.8, 4) is 0 Å². The quantitative estimate of drug-likeness (QED) is 0.596. The molecule has 1 saturated carbocycles. The van der Waals surface area contributed by atoms with Crippen LogP contribution in [0.15, 0.2) is 24.3 Å². The minimum absolute atomic E-state index is 0.0269. The van der Waals surface area contributed by atoms with E-state index >= 15 is 0 Å². The van der Waals surface area contributed by atoms with Gasteiger partial charge in [-0.2, -0.15) is 0 Å². The van der Waals surface area contributed by atoms with E-state index in [9.17, 15) is 9.59 Å². The van der Waals surface area contributed by atoms with Gasteiger partial charge in [-0.3, -0.25) is 4.79 Å². The first-order valence-corrected chi connectivity index (χ1v) is 8.66. The van der Waals surface area contributed by atoms with E-state index in [4.69, 9.17) is 21.3 Å². The van der Waals surface area contributed by atoms with Crippen molar-refractivity contribution in [3.63, 3.8) is 0 Å². The van der Waals surface area contributed by atoms with Gasteiger partial charge in [-0.05, 0) is 61.6 Å². The molecule has 0 heterocycles. The number of benzene rings is 1. The summed E-state index contributed by atoms with van der Waals surface area (Å²) in [5.74, 6) is 0.553. The van der Waals surface area contributed by atoms with Crippen LogP contribution in [0.5, 0.6) is 0 Å². The van der Waals surface area contributed by atoms with E-state index < -0.39 is 12.1 Å². The Morgan fingerprint density at radius 2 is 1.76 bits per heavy atom. The number of nitrogens with two attached hydrogens (primary N) is 2. The molecule has 0 aromatic heterocycles. The van der Waals surface area contributed by atoms with E-state index in [0.717, 1.165) is 31.2 Å². The lowest BCUT2D eigenvalue weighted by Gasteiger charge is -2.29. The molecule has 1 aliphatic rings. The summed E-state index contributed by atoms with van der Waals surface area (Å²) < 4.78 is 4.85. The summed E-state index contributed by atoms with van der Waals surface area (Å²) in [6.07, 6.45) is 3.76. The Kier molecular flexibility index (Phi) is 7.21. The van der Waals surface area contributed by atoms with Crippen molar-refractivity contribution in [3.05, 3.63) is 29.8 Å². The van der Waals surface area contributed by atoms with Crippen molar-refractivity contribution < 1.29 is 19.4 Å². The normalized spacial score (nSPS) is 21.4. The fourth-order valence-electron chi connectivity index (χ4n) is 3.23. The highest BCUT2D eigenvalue weighted by Gasteiger charge is 2.25. The smallest absolute Gasteiger partial charge is 0.404 e. The Bertz CT molecular complexity index is 568. The third-order valence-electron chi connectivity index (χ3n) is 4.76. The maximum absolute atomic E-state index is 12.2. The van der Waals surface area contributed by atoms with Crippen LogP contribution in [0.3, 0.4) is 0 Å². The fraction of sp³-hybridized carbons (Fsp3) is 0.556. The van der Waals surface area contributed by atoms with Crippen LogP contribution in [0.25, 0.3) is 0 Å². The first-order chi connectivity index (χ1) is 12.0. The number of anilines is 1. The highest BCUT2D eigenvalue weighted by atomic mass is 16.5. The number of amides is 2. The van der Waals surface area contributed by atoms with Crippen molar-refractivity contribution in [1.29, 1.82) is 0 Å². The number of aliphatic hydroxyl groups excluding tert-OH is 1. The molecular weight excluding hydrogens is 322 g/mol. The summed E-state index contributed by atoms with van der Waals surface area (Å²) >= 11 is 0. The number of carbonyl (C=O) groups is 2. The fourth-order valence-corrected chi connectivity index (χ4v) is 3.23. The van der Waals surface area contributed by atoms with Crippen LogP contribution >= 0.6 is 0 Å². The van der Waals surface area contributed by atoms with Gasteiger partial charge in [0.1, 0.15) is 0 Å². The molecule has 0 saturated heterocycles. The third kappa shape index (κ3) is 6.36. The van der Waals surface area contributed by atoms with Gasteiger partial charge in [-0.15, -0.1) is 0 Å². The van der Waals surface area contributed by atoms with Gasteiger partial charge >= 0.3 is 6.09 Å². The van der Waals surface area contributed by atoms with Gasteiger partial charge in [-0.1, -0.05) is 12.1 Å². The average molecular weight is 349 g/mol. The van der Waals surface area contributed by atoms with Gasteiger partial charge in [0.15, 0.2) is 0 Å². The molecule has 138 valence electrons. The second-order valence-corrected chi connectivity index (χ2v) is 6.70. The van der Waals surface area contributed by atoms with Crippen LogP contribution < -0.4 is 16.8 Å². The van der Waals surface area contributed by atoms with Crippen LogP contribution in [0.4, 0.5) is 10.5 Å². The summed E-state index contributed by atoms with van der Waals surface area (Å²) in [6, 6.07) is 6.47. The van der Waals surface area contributed by atoms with Gasteiger partial charge in [-0.25, -0.2) is 4.79 Å². The van der Waals surface area contributed by atoms with Crippen LogP contribution in [-0.4, -0.2) is 29.8 Å². The van der Waals surface area contributed by atoms with Gasteiger partial charge in [0.2, 0.25) is 5.91 Å². The summed E-state index contributed by atoms with van der Waals surface area (Å²) in [5.41, 5.74) is 12.5. The summed E-state index contributed by atoms with van der Waals surface area (Å²) in [6.45, 7) is 0.347. The highest BCUT2D eigenvalue weighted by molar-refractivity contribution is 5.94. The number of nitrogens with one attached hydrogen (secondary N) is 1. The SMILES string of the molecule is NC(=O)OCC1CCC(CC(N)C(=O)Nc2ccc(CO)cc2)CC1. The Balaban J connectivity index is 1.73. The maximum atomic E-state index is 12.2. The number of primary amides is 1. The molecule has 2 amide bonds. The van der Waals surface area contributed by atoms with E-state index in [2.05, 4.69) is 5.32 Å². The largest absolute Gasteiger partial charge is 0.449 e. The molecular formula is C18H27N3O4. The van der Waals surface area contributed by atoms with Gasteiger partial charge in [0.25, 0.3) is 0 Å². The molecule has 6 N–H and O–H groups in total. The van der Waals surface area contributed by atoms with E-state index in [0.29, 0.717) is 30.6 Å². The maximum Gasteiger partial charge on any atom is 0.404 e. The predicted octanol–water partition coefficient (Wildman–Crippen LogP) is 1.74. The molecule has 1 fully saturated rings. The molecule has 0 bridgehead atoms. The molecule has 1 unspecified atom stereocenters. The van der Waals surface area contributed by atoms with Crippen molar-refractivity contribution in [2.75, 3.05) is 11.9 Å². The lowest BCUT2D eigenvalue weighted by Crippen LogP contribution is -2.38.